The summed E-state index contributed by atoms with van der Waals surface area (Å²) in [5, 5.41) is 4.13. The van der Waals surface area contributed by atoms with Gasteiger partial charge in [-0.1, -0.05) is 13.3 Å². The highest BCUT2D eigenvalue weighted by atomic mass is 16.2. The number of carbonyl (C=O) groups is 1. The number of piperidine rings is 1. The lowest BCUT2D eigenvalue weighted by atomic mass is 9.78. The molecule has 7 heteroatoms. The van der Waals surface area contributed by atoms with Crippen molar-refractivity contribution < 1.29 is 4.79 Å². The summed E-state index contributed by atoms with van der Waals surface area (Å²) in [6.45, 7) is 5.96. The molecule has 1 amide bonds. The molecule has 0 aromatic carbocycles. The number of imidazole rings is 1. The topological polar surface area (TPSA) is 70.1 Å². The number of carbonyl (C=O) groups excluding carboxylic acids is 1. The molecule has 0 saturated carbocycles. The van der Waals surface area contributed by atoms with E-state index in [1.807, 2.05) is 18.3 Å². The van der Waals surface area contributed by atoms with E-state index in [1.54, 1.807) is 17.1 Å². The molecule has 0 bridgehead atoms. The van der Waals surface area contributed by atoms with Crippen molar-refractivity contribution >= 4 is 5.91 Å². The number of H-pyrrole nitrogens is 1. The van der Waals surface area contributed by atoms with Crippen LogP contribution in [0.2, 0.25) is 0 Å². The highest BCUT2D eigenvalue weighted by Crippen LogP contribution is 2.42. The molecule has 2 aliphatic heterocycles. The van der Waals surface area contributed by atoms with Gasteiger partial charge in [0.25, 0.3) is 5.91 Å². The lowest BCUT2D eigenvalue weighted by Crippen LogP contribution is -2.57. The zero-order chi connectivity index (χ0) is 18.1. The Balaban J connectivity index is 1.54. The van der Waals surface area contributed by atoms with E-state index in [9.17, 15) is 4.79 Å². The third kappa shape index (κ3) is 2.84. The molecule has 7 nitrogen and oxygen atoms in total. The summed E-state index contributed by atoms with van der Waals surface area (Å²) in [6.07, 6.45) is 10.6. The summed E-state index contributed by atoms with van der Waals surface area (Å²) in [5.74, 6) is 0.0890. The van der Waals surface area contributed by atoms with Gasteiger partial charge in [-0.15, -0.1) is 0 Å². The Kier molecular flexibility index (Phi) is 4.56. The first-order valence-electron chi connectivity index (χ1n) is 9.70. The van der Waals surface area contributed by atoms with E-state index in [1.165, 1.54) is 24.2 Å². The van der Waals surface area contributed by atoms with Gasteiger partial charge in [0.1, 0.15) is 0 Å². The van der Waals surface area contributed by atoms with Gasteiger partial charge >= 0.3 is 0 Å². The summed E-state index contributed by atoms with van der Waals surface area (Å²) in [5.41, 5.74) is 3.16. The lowest BCUT2D eigenvalue weighted by Gasteiger charge is -2.50. The van der Waals surface area contributed by atoms with Crippen molar-refractivity contribution in [2.24, 2.45) is 7.05 Å². The maximum absolute atomic E-state index is 12.8. The molecular weight excluding hydrogens is 328 g/mol. The minimum atomic E-state index is -0.0194. The van der Waals surface area contributed by atoms with Crippen molar-refractivity contribution in [2.75, 3.05) is 26.2 Å². The number of hydrogen-bond donors (Lipinski definition) is 1. The van der Waals surface area contributed by atoms with Crippen LogP contribution in [0.25, 0.3) is 0 Å². The summed E-state index contributed by atoms with van der Waals surface area (Å²) in [6, 6.07) is 0. The number of nitrogens with zero attached hydrogens (tertiary/aromatic N) is 5. The third-order valence-corrected chi connectivity index (χ3v) is 6.01. The number of aromatic nitrogens is 4. The molecule has 1 N–H and O–H groups in total. The van der Waals surface area contributed by atoms with E-state index in [0.29, 0.717) is 5.56 Å². The lowest BCUT2D eigenvalue weighted by molar-refractivity contribution is 0.00631. The van der Waals surface area contributed by atoms with E-state index in [4.69, 9.17) is 4.98 Å². The van der Waals surface area contributed by atoms with Crippen LogP contribution in [0.3, 0.4) is 0 Å². The zero-order valence-corrected chi connectivity index (χ0v) is 15.7. The predicted octanol–water partition coefficient (Wildman–Crippen LogP) is 1.93. The van der Waals surface area contributed by atoms with Crippen LogP contribution in [-0.4, -0.2) is 61.6 Å². The number of likely N-dealkylation sites (tertiary alicyclic amines) is 1. The van der Waals surface area contributed by atoms with Crippen LogP contribution < -0.4 is 0 Å². The van der Waals surface area contributed by atoms with Crippen LogP contribution >= 0.6 is 0 Å². The molecule has 0 atom stereocenters. The second-order valence-electron chi connectivity index (χ2n) is 7.55. The number of hydrogen-bond acceptors (Lipinski definition) is 4. The Hall–Kier alpha value is -2.15. The standard InChI is InChI=1S/C19H28N6O/c1-3-4-8-25-9-5-16-17(21-14-20-16)19(25)6-10-24(11-7-19)18(26)15-12-22-23(2)13-15/h12-14H,3-11H2,1-2H3,(H,20,21). The Morgan fingerprint density at radius 2 is 2.12 bits per heavy atom. The van der Waals surface area contributed by atoms with Crippen LogP contribution in [-0.2, 0) is 19.0 Å². The fourth-order valence-corrected chi connectivity index (χ4v) is 4.54. The van der Waals surface area contributed by atoms with Gasteiger partial charge in [0.15, 0.2) is 0 Å². The Morgan fingerprint density at radius 3 is 2.81 bits per heavy atom. The quantitative estimate of drug-likeness (QED) is 0.909. The smallest absolute Gasteiger partial charge is 0.257 e. The highest BCUT2D eigenvalue weighted by molar-refractivity contribution is 5.93. The Morgan fingerprint density at radius 1 is 1.31 bits per heavy atom. The molecule has 1 fully saturated rings. The number of aromatic amines is 1. The fourth-order valence-electron chi connectivity index (χ4n) is 4.54. The van der Waals surface area contributed by atoms with Crippen LogP contribution in [0, 0.1) is 0 Å². The average molecular weight is 356 g/mol. The van der Waals surface area contributed by atoms with Crippen LogP contribution in [0.1, 0.15) is 54.4 Å². The largest absolute Gasteiger partial charge is 0.348 e. The van der Waals surface area contributed by atoms with Crippen molar-refractivity contribution in [3.05, 3.63) is 35.7 Å². The minimum absolute atomic E-state index is 0.0194. The number of amides is 1. The maximum Gasteiger partial charge on any atom is 0.257 e. The van der Waals surface area contributed by atoms with Crippen molar-refractivity contribution in [1.29, 1.82) is 0 Å². The molecule has 0 radical (unpaired) electrons. The molecule has 2 aliphatic rings. The van der Waals surface area contributed by atoms with E-state index in [0.717, 1.165) is 45.4 Å². The molecule has 2 aromatic heterocycles. The van der Waals surface area contributed by atoms with Gasteiger partial charge in [0.2, 0.25) is 0 Å². The summed E-state index contributed by atoms with van der Waals surface area (Å²) < 4.78 is 1.68. The first-order valence-corrected chi connectivity index (χ1v) is 9.70. The number of aryl methyl sites for hydroxylation is 1. The molecule has 26 heavy (non-hydrogen) atoms. The number of rotatable bonds is 4. The SMILES string of the molecule is CCCCN1CCc2[nH]cnc2C12CCN(C(=O)c1cnn(C)c1)CC2. The fraction of sp³-hybridized carbons (Fsp3) is 0.632. The first kappa shape index (κ1) is 17.3. The van der Waals surface area contributed by atoms with Gasteiger partial charge < -0.3 is 9.88 Å². The van der Waals surface area contributed by atoms with Crippen molar-refractivity contribution in [3.8, 4) is 0 Å². The molecule has 4 heterocycles. The normalized spacial score (nSPS) is 19.7. The molecule has 2 aromatic rings. The van der Waals surface area contributed by atoms with Gasteiger partial charge in [-0.25, -0.2) is 4.98 Å². The predicted molar refractivity (Wildman–Crippen MR) is 98.8 cm³/mol. The molecular formula is C19H28N6O. The molecule has 0 aliphatic carbocycles. The minimum Gasteiger partial charge on any atom is -0.348 e. The highest BCUT2D eigenvalue weighted by Gasteiger charge is 2.46. The van der Waals surface area contributed by atoms with Gasteiger partial charge in [-0.2, -0.15) is 5.10 Å². The number of unbranched alkanes of at least 4 members (excludes halogenated alkanes) is 1. The molecule has 4 rings (SSSR count). The van der Waals surface area contributed by atoms with E-state index in [-0.39, 0.29) is 11.4 Å². The van der Waals surface area contributed by atoms with E-state index >= 15 is 0 Å². The van der Waals surface area contributed by atoms with Crippen LogP contribution in [0.15, 0.2) is 18.7 Å². The summed E-state index contributed by atoms with van der Waals surface area (Å²) >= 11 is 0. The van der Waals surface area contributed by atoms with Crippen LogP contribution in [0.4, 0.5) is 0 Å². The zero-order valence-electron chi connectivity index (χ0n) is 15.7. The van der Waals surface area contributed by atoms with Crippen molar-refractivity contribution in [2.45, 2.75) is 44.6 Å². The molecule has 1 spiro atoms. The third-order valence-electron chi connectivity index (χ3n) is 6.01. The van der Waals surface area contributed by atoms with Gasteiger partial charge in [-0.05, 0) is 25.8 Å². The van der Waals surface area contributed by atoms with E-state index < -0.39 is 0 Å². The van der Waals surface area contributed by atoms with Crippen LogP contribution in [0.5, 0.6) is 0 Å². The number of fused-ring (bicyclic) bond motifs is 2. The van der Waals surface area contributed by atoms with Gasteiger partial charge in [0.05, 0.1) is 29.3 Å². The molecule has 140 valence electrons. The van der Waals surface area contributed by atoms with Crippen molar-refractivity contribution in [3.63, 3.8) is 0 Å². The number of nitrogens with one attached hydrogen (secondary N) is 1. The molecule has 1 saturated heterocycles. The second-order valence-corrected chi connectivity index (χ2v) is 7.55. The summed E-state index contributed by atoms with van der Waals surface area (Å²) in [4.78, 5) is 25.4. The molecule has 0 unspecified atom stereocenters. The average Bonchev–Trinajstić information content (AvgIpc) is 3.31. The van der Waals surface area contributed by atoms with Crippen molar-refractivity contribution in [1.82, 2.24) is 29.5 Å². The van der Waals surface area contributed by atoms with E-state index in [2.05, 4.69) is 21.9 Å². The maximum atomic E-state index is 12.8. The van der Waals surface area contributed by atoms with Gasteiger partial charge in [-0.3, -0.25) is 14.4 Å². The Labute approximate surface area is 154 Å². The van der Waals surface area contributed by atoms with Gasteiger partial charge in [0, 0.05) is 45.0 Å². The summed E-state index contributed by atoms with van der Waals surface area (Å²) in [7, 11) is 1.84. The Bertz CT molecular complexity index is 771. The second kappa shape index (κ2) is 6.87. The first-order chi connectivity index (χ1) is 12.6. The monoisotopic (exact) mass is 356 g/mol.